The topological polar surface area (TPSA) is 116 Å². The molecular formula is C35H38N6O3. The lowest BCUT2D eigenvalue weighted by Gasteiger charge is -2.43. The molecule has 7 rings (SSSR count). The third-order valence-electron chi connectivity index (χ3n) is 9.87. The van der Waals surface area contributed by atoms with Gasteiger partial charge in [-0.2, -0.15) is 0 Å². The molecular weight excluding hydrogens is 552 g/mol. The highest BCUT2D eigenvalue weighted by Gasteiger charge is 2.52. The Morgan fingerprint density at radius 1 is 0.977 bits per heavy atom. The summed E-state index contributed by atoms with van der Waals surface area (Å²) < 4.78 is 0. The van der Waals surface area contributed by atoms with Gasteiger partial charge in [0.2, 0.25) is 11.8 Å². The lowest BCUT2D eigenvalue weighted by Crippen LogP contribution is -2.59. The Kier molecular flexibility index (Phi) is 7.50. The average molecular weight is 591 g/mol. The number of hydrogen-bond acceptors (Lipinski definition) is 6. The molecule has 4 aliphatic rings. The van der Waals surface area contributed by atoms with Crippen molar-refractivity contribution in [3.63, 3.8) is 0 Å². The summed E-state index contributed by atoms with van der Waals surface area (Å²) in [6.07, 6.45) is 12.1. The molecule has 3 unspecified atom stereocenters. The number of benzene rings is 1. The first-order valence-corrected chi connectivity index (χ1v) is 15.8. The predicted molar refractivity (Wildman–Crippen MR) is 168 cm³/mol. The second kappa shape index (κ2) is 11.6. The van der Waals surface area contributed by atoms with E-state index in [9.17, 15) is 14.4 Å². The lowest BCUT2D eigenvalue weighted by atomic mass is 9.79. The van der Waals surface area contributed by atoms with Crippen LogP contribution in [0.4, 0.5) is 5.82 Å². The highest BCUT2D eigenvalue weighted by atomic mass is 16.2. The molecule has 3 N–H and O–H groups in total. The number of piperidine rings is 1. The smallest absolute Gasteiger partial charge is 0.253 e. The Hall–Kier alpha value is -4.37. The van der Waals surface area contributed by atoms with E-state index in [4.69, 9.17) is 0 Å². The monoisotopic (exact) mass is 590 g/mol. The number of hydrogen-bond donors (Lipinski definition) is 3. The minimum Gasteiger partial charge on any atom is -0.340 e. The van der Waals surface area contributed by atoms with Gasteiger partial charge < -0.3 is 20.9 Å². The van der Waals surface area contributed by atoms with Crippen LogP contribution in [0.3, 0.4) is 0 Å². The summed E-state index contributed by atoms with van der Waals surface area (Å²) in [5.74, 6) is 0.227. The minimum atomic E-state index is -0.793. The van der Waals surface area contributed by atoms with Gasteiger partial charge >= 0.3 is 0 Å². The lowest BCUT2D eigenvalue weighted by molar-refractivity contribution is -0.139. The number of aromatic nitrogens is 2. The van der Waals surface area contributed by atoms with E-state index in [1.807, 2.05) is 29.2 Å². The summed E-state index contributed by atoms with van der Waals surface area (Å²) in [5, 5.41) is 9.55. The van der Waals surface area contributed by atoms with Crippen molar-refractivity contribution in [2.75, 3.05) is 25.0 Å². The number of nitrogens with zero attached hydrogens (tertiary/aromatic N) is 3. The number of carbonyl (C=O) groups is 3. The van der Waals surface area contributed by atoms with Crippen molar-refractivity contribution in [2.24, 2.45) is 0 Å². The zero-order valence-electron chi connectivity index (χ0n) is 25.0. The summed E-state index contributed by atoms with van der Waals surface area (Å²) in [4.78, 5) is 52.0. The van der Waals surface area contributed by atoms with Gasteiger partial charge in [-0.05, 0) is 74.4 Å². The van der Waals surface area contributed by atoms with E-state index in [2.05, 4.69) is 63.2 Å². The summed E-state index contributed by atoms with van der Waals surface area (Å²) in [5.41, 5.74) is 4.31. The maximum atomic E-state index is 13.8. The molecule has 1 aliphatic carbocycles. The molecule has 0 radical (unpaired) electrons. The van der Waals surface area contributed by atoms with E-state index in [1.54, 1.807) is 12.4 Å². The first kappa shape index (κ1) is 28.4. The fourth-order valence-electron chi connectivity index (χ4n) is 7.40. The Labute approximate surface area is 257 Å². The first-order valence-electron chi connectivity index (χ1n) is 15.8. The normalized spacial score (nSPS) is 27.7. The summed E-state index contributed by atoms with van der Waals surface area (Å²) >= 11 is 0. The van der Waals surface area contributed by atoms with E-state index < -0.39 is 11.5 Å². The van der Waals surface area contributed by atoms with Crippen LogP contribution in [0.5, 0.6) is 0 Å². The molecule has 3 aromatic rings. The Bertz CT molecular complexity index is 1640. The average Bonchev–Trinajstić information content (AvgIpc) is 3.55. The van der Waals surface area contributed by atoms with E-state index in [0.29, 0.717) is 43.7 Å². The van der Waals surface area contributed by atoms with E-state index in [-0.39, 0.29) is 29.7 Å². The number of amides is 3. The Morgan fingerprint density at radius 2 is 1.84 bits per heavy atom. The summed E-state index contributed by atoms with van der Waals surface area (Å²) in [6.45, 7) is 4.25. The van der Waals surface area contributed by atoms with Gasteiger partial charge in [0.1, 0.15) is 11.9 Å². The van der Waals surface area contributed by atoms with Crippen molar-refractivity contribution in [3.05, 3.63) is 94.4 Å². The highest BCUT2D eigenvalue weighted by Crippen LogP contribution is 2.46. The molecule has 1 spiro atoms. The van der Waals surface area contributed by atoms with Gasteiger partial charge in [-0.3, -0.25) is 19.4 Å². The molecule has 7 bridgehead atoms. The first-order chi connectivity index (χ1) is 21.4. The molecule has 226 valence electrons. The van der Waals surface area contributed by atoms with Gasteiger partial charge in [0.05, 0.1) is 11.0 Å². The maximum Gasteiger partial charge on any atom is 0.253 e. The van der Waals surface area contributed by atoms with E-state index >= 15 is 0 Å². The molecule has 3 aliphatic heterocycles. The van der Waals surface area contributed by atoms with Crippen LogP contribution >= 0.6 is 0 Å². The van der Waals surface area contributed by atoms with Gasteiger partial charge in [-0.15, -0.1) is 0 Å². The van der Waals surface area contributed by atoms with Gasteiger partial charge in [0, 0.05) is 55.1 Å². The molecule has 0 saturated carbocycles. The third kappa shape index (κ3) is 5.09. The molecule has 2 aromatic heterocycles. The molecule has 1 saturated heterocycles. The molecule has 3 amide bonds. The van der Waals surface area contributed by atoms with Crippen LogP contribution in [0.25, 0.3) is 6.08 Å². The van der Waals surface area contributed by atoms with Crippen molar-refractivity contribution in [2.45, 2.75) is 68.9 Å². The Balaban J connectivity index is 1.21. The molecule has 9 heteroatoms. The largest absolute Gasteiger partial charge is 0.340 e. The van der Waals surface area contributed by atoms with Crippen LogP contribution in [0.2, 0.25) is 0 Å². The van der Waals surface area contributed by atoms with Crippen LogP contribution in [0, 0.1) is 0 Å². The number of rotatable bonds is 1. The zero-order chi connectivity index (χ0) is 30.3. The van der Waals surface area contributed by atoms with Crippen molar-refractivity contribution >= 4 is 29.6 Å². The molecule has 5 heterocycles. The second-order valence-electron chi connectivity index (χ2n) is 12.6. The van der Waals surface area contributed by atoms with Crippen molar-refractivity contribution in [3.8, 4) is 0 Å². The number of nitrogens with one attached hydrogen (secondary N) is 3. The van der Waals surface area contributed by atoms with Crippen LogP contribution in [-0.2, 0) is 27.8 Å². The molecule has 1 aromatic carbocycles. The SMILES string of the molecule is CC1C(c2ccccc2)CC2NC(=O)c3cnc4c(c3)C[C@@]3(C4)C(=O)Nc4ncc(cc43)/C=C/CCCCNCCN1C2=O. The van der Waals surface area contributed by atoms with Crippen LogP contribution in [0.1, 0.15) is 76.8 Å². The number of pyridine rings is 2. The standard InChI is InChI=1S/C35H38N6O3/c1-22-27(24-10-6-4-7-11-24)17-29-33(43)41(22)14-13-36-12-8-3-2-5-9-23-15-28-31(38-20-23)40-34(44)35(28)18-25-16-26(32(42)39-29)21-37-30(25)19-35/h4-7,9-11,15-16,20-22,27,29,36H,2-3,8,12-14,17-19H2,1H3,(H,39,42)(H,38,40,44)/b9-5+/t22?,27?,29?,35-/m0/s1. The van der Waals surface area contributed by atoms with Crippen molar-refractivity contribution in [1.82, 2.24) is 25.5 Å². The zero-order valence-corrected chi connectivity index (χ0v) is 25.0. The number of carbonyl (C=O) groups excluding carboxylic acids is 3. The molecule has 1 fully saturated rings. The fraction of sp³-hybridized carbons (Fsp3) is 0.400. The van der Waals surface area contributed by atoms with Gasteiger partial charge in [-0.25, -0.2) is 4.98 Å². The second-order valence-corrected chi connectivity index (χ2v) is 12.6. The number of anilines is 1. The highest BCUT2D eigenvalue weighted by molar-refractivity contribution is 6.06. The predicted octanol–water partition coefficient (Wildman–Crippen LogP) is 3.76. The van der Waals surface area contributed by atoms with E-state index in [1.165, 1.54) is 0 Å². The van der Waals surface area contributed by atoms with Gasteiger partial charge in [0.15, 0.2) is 0 Å². The molecule has 9 nitrogen and oxygen atoms in total. The maximum absolute atomic E-state index is 13.8. The molecule has 44 heavy (non-hydrogen) atoms. The molecule has 4 atom stereocenters. The van der Waals surface area contributed by atoms with Gasteiger partial charge in [-0.1, -0.05) is 42.5 Å². The van der Waals surface area contributed by atoms with Gasteiger partial charge in [0.25, 0.3) is 5.91 Å². The number of fused-ring (bicyclic) bond motifs is 4. The quantitative estimate of drug-likeness (QED) is 0.398. The minimum absolute atomic E-state index is 0.00225. The Morgan fingerprint density at radius 3 is 2.70 bits per heavy atom. The van der Waals surface area contributed by atoms with Crippen LogP contribution in [0.15, 0.2) is 60.9 Å². The van der Waals surface area contributed by atoms with Crippen LogP contribution < -0.4 is 16.0 Å². The summed E-state index contributed by atoms with van der Waals surface area (Å²) in [6, 6.07) is 13.5. The van der Waals surface area contributed by atoms with E-state index in [0.717, 1.165) is 53.8 Å². The fourth-order valence-corrected chi connectivity index (χ4v) is 7.40. The summed E-state index contributed by atoms with van der Waals surface area (Å²) in [7, 11) is 0. The van der Waals surface area contributed by atoms with Crippen molar-refractivity contribution < 1.29 is 14.4 Å². The number of allylic oxidation sites excluding steroid dienone is 1. The van der Waals surface area contributed by atoms with Crippen molar-refractivity contribution in [1.29, 1.82) is 0 Å². The third-order valence-corrected chi connectivity index (χ3v) is 9.87. The van der Waals surface area contributed by atoms with Crippen LogP contribution in [-0.4, -0.2) is 64.3 Å².